The first-order chi connectivity index (χ1) is 32.8. The molecule has 0 N–H and O–H groups in total. The number of benzene rings is 5. The Morgan fingerprint density at radius 3 is 1.56 bits per heavy atom. The van der Waals surface area contributed by atoms with E-state index < -0.39 is 0 Å². The number of aryl methyl sites for hydroxylation is 1. The summed E-state index contributed by atoms with van der Waals surface area (Å²) in [5.74, 6) is 1.17. The molecule has 6 aromatic rings. The van der Waals surface area contributed by atoms with Crippen molar-refractivity contribution in [1.82, 2.24) is 0 Å². The van der Waals surface area contributed by atoms with E-state index >= 15 is 0 Å². The van der Waals surface area contributed by atoms with E-state index in [9.17, 15) is 0 Å². The molecule has 0 spiro atoms. The van der Waals surface area contributed by atoms with Crippen LogP contribution >= 0.6 is 0 Å². The molecule has 2 aliphatic heterocycles. The lowest BCUT2D eigenvalue weighted by Crippen LogP contribution is -2.61. The van der Waals surface area contributed by atoms with Crippen LogP contribution in [0.15, 0.2) is 89.3 Å². The number of nitrogens with zero attached hydrogens (tertiary/aromatic N) is 2. The highest BCUT2D eigenvalue weighted by Crippen LogP contribution is 2.57. The number of hydrogen-bond acceptors (Lipinski definition) is 3. The highest BCUT2D eigenvalue weighted by Gasteiger charge is 2.53. The standard InChI is InChI=1S/C67H83BN2O/c1-40-34-53-56-54(35-40)70(51-27-23-43(61(5,6)7)37-45(51)41-20-26-46-47(36-41)63(10,11)29-28-62(46,8)9)57-55-58(67(18,19)33-32-66(55,16)17)71-59(57)68(56)50-38-48-49(65(14,15)31-30-64(48,12)13)39-52(50)69(53)44-24-21-42(22-25-44)60(2,3)4/h20-27,34-39H,28-33H2,1-19H3. The highest BCUT2D eigenvalue weighted by atomic mass is 16.3. The van der Waals surface area contributed by atoms with E-state index in [1.54, 1.807) is 0 Å². The maximum Gasteiger partial charge on any atom is 0.297 e. The summed E-state index contributed by atoms with van der Waals surface area (Å²) in [5.41, 5.74) is 25.2. The first-order valence-corrected chi connectivity index (χ1v) is 27.3. The van der Waals surface area contributed by atoms with Crippen molar-refractivity contribution in [2.24, 2.45) is 0 Å². The molecule has 4 heteroatoms. The fourth-order valence-electron chi connectivity index (χ4n) is 13.8. The molecule has 5 aliphatic rings. The normalized spacial score (nSPS) is 20.6. The molecule has 1 aromatic heterocycles. The van der Waals surface area contributed by atoms with Crippen LogP contribution in [-0.4, -0.2) is 6.71 Å². The van der Waals surface area contributed by atoms with Crippen LogP contribution in [0, 0.1) is 6.92 Å². The van der Waals surface area contributed by atoms with Gasteiger partial charge in [-0.15, -0.1) is 0 Å². The highest BCUT2D eigenvalue weighted by molar-refractivity contribution is 6.99. The molecule has 0 unspecified atom stereocenters. The van der Waals surface area contributed by atoms with Gasteiger partial charge in [-0.05, 0) is 181 Å². The van der Waals surface area contributed by atoms with Gasteiger partial charge in [-0.2, -0.15) is 0 Å². The summed E-state index contributed by atoms with van der Waals surface area (Å²) in [7, 11) is 0. The van der Waals surface area contributed by atoms with E-state index in [0.29, 0.717) is 0 Å². The van der Waals surface area contributed by atoms with Crippen LogP contribution in [0.4, 0.5) is 34.1 Å². The van der Waals surface area contributed by atoms with Crippen LogP contribution in [0.25, 0.3) is 11.1 Å². The van der Waals surface area contributed by atoms with E-state index in [-0.39, 0.29) is 50.0 Å². The third-order valence-corrected chi connectivity index (χ3v) is 18.9. The lowest BCUT2D eigenvalue weighted by molar-refractivity contribution is 0.282. The predicted molar refractivity (Wildman–Crippen MR) is 306 cm³/mol. The molecule has 3 nitrogen and oxygen atoms in total. The minimum absolute atomic E-state index is 0.0354. The van der Waals surface area contributed by atoms with Gasteiger partial charge in [-0.1, -0.05) is 167 Å². The van der Waals surface area contributed by atoms with Crippen molar-refractivity contribution in [2.75, 3.05) is 9.80 Å². The van der Waals surface area contributed by atoms with Crippen molar-refractivity contribution in [1.29, 1.82) is 0 Å². The quantitative estimate of drug-likeness (QED) is 0.165. The summed E-state index contributed by atoms with van der Waals surface area (Å²) in [5, 5.41) is 0. The summed E-state index contributed by atoms with van der Waals surface area (Å²) in [6.07, 6.45) is 6.89. The topological polar surface area (TPSA) is 19.6 Å². The Bertz CT molecular complexity index is 3190. The van der Waals surface area contributed by atoms with E-state index in [2.05, 4.69) is 226 Å². The number of fused-ring (bicyclic) bond motifs is 8. The second-order valence-electron chi connectivity index (χ2n) is 29.1. The Hall–Kier alpha value is -4.96. The zero-order valence-corrected chi connectivity index (χ0v) is 47.2. The van der Waals surface area contributed by atoms with Crippen molar-refractivity contribution in [3.63, 3.8) is 0 Å². The average Bonchev–Trinajstić information content (AvgIpc) is 3.70. The van der Waals surface area contributed by atoms with E-state index in [1.807, 2.05) is 0 Å². The van der Waals surface area contributed by atoms with E-state index in [1.165, 1.54) is 126 Å². The monoisotopic (exact) mass is 943 g/mol. The molecular formula is C67H83BN2O. The van der Waals surface area contributed by atoms with Gasteiger partial charge in [0.05, 0.1) is 17.0 Å². The van der Waals surface area contributed by atoms with Crippen molar-refractivity contribution in [3.05, 3.63) is 135 Å². The van der Waals surface area contributed by atoms with Crippen LogP contribution < -0.4 is 26.4 Å². The second kappa shape index (κ2) is 15.1. The average molecular weight is 943 g/mol. The Labute approximate surface area is 429 Å². The summed E-state index contributed by atoms with van der Waals surface area (Å²) >= 11 is 0. The maximum absolute atomic E-state index is 7.89. The lowest BCUT2D eigenvalue weighted by Gasteiger charge is -2.47. The van der Waals surface area contributed by atoms with Crippen LogP contribution in [0.5, 0.6) is 0 Å². The molecule has 5 aromatic carbocycles. The summed E-state index contributed by atoms with van der Waals surface area (Å²) in [6, 6.07) is 34.8. The number of furan rings is 1. The van der Waals surface area contributed by atoms with Crippen LogP contribution in [0.1, 0.15) is 213 Å². The molecule has 0 atom stereocenters. The van der Waals surface area contributed by atoms with Crippen LogP contribution in [-0.2, 0) is 43.3 Å². The largest absolute Gasteiger partial charge is 0.472 e. The molecule has 71 heavy (non-hydrogen) atoms. The van der Waals surface area contributed by atoms with Gasteiger partial charge in [-0.25, -0.2) is 0 Å². The molecule has 11 rings (SSSR count). The Kier molecular flexibility index (Phi) is 10.3. The van der Waals surface area contributed by atoms with Crippen LogP contribution in [0.3, 0.4) is 0 Å². The van der Waals surface area contributed by atoms with E-state index in [4.69, 9.17) is 4.42 Å². The minimum atomic E-state index is -0.130. The van der Waals surface area contributed by atoms with Gasteiger partial charge in [-0.3, -0.25) is 0 Å². The van der Waals surface area contributed by atoms with Gasteiger partial charge in [0.15, 0.2) is 0 Å². The van der Waals surface area contributed by atoms with Gasteiger partial charge in [0.2, 0.25) is 0 Å². The van der Waals surface area contributed by atoms with Gasteiger partial charge in [0.1, 0.15) is 5.76 Å². The minimum Gasteiger partial charge on any atom is -0.472 e. The zero-order chi connectivity index (χ0) is 51.1. The van der Waals surface area contributed by atoms with Crippen molar-refractivity contribution < 1.29 is 4.42 Å². The summed E-state index contributed by atoms with van der Waals surface area (Å²) in [4.78, 5) is 5.36. The van der Waals surface area contributed by atoms with Crippen molar-refractivity contribution in [3.8, 4) is 11.1 Å². The maximum atomic E-state index is 7.89. The van der Waals surface area contributed by atoms with Gasteiger partial charge in [0.25, 0.3) is 6.71 Å². The molecule has 0 radical (unpaired) electrons. The first kappa shape index (κ1) is 48.3. The molecule has 0 saturated carbocycles. The zero-order valence-electron chi connectivity index (χ0n) is 47.2. The Morgan fingerprint density at radius 2 is 0.972 bits per heavy atom. The SMILES string of the molecule is Cc1cc2c3c(c1)N(c1ccc(C(C)(C)C)cc1-c1ccc4c(c1)C(C)(C)CCC4(C)C)c1c(oc4c1C(C)(C)CCC4(C)C)B3c1cc3c(cc1N2c1ccc(C(C)(C)C)cc1)C(C)(C)CCC3(C)C. The molecule has 0 fully saturated rings. The molecule has 0 amide bonds. The molecule has 3 aliphatic carbocycles. The van der Waals surface area contributed by atoms with Crippen molar-refractivity contribution in [2.45, 2.75) is 213 Å². The molecular weight excluding hydrogens is 860 g/mol. The molecule has 0 bridgehead atoms. The van der Waals surface area contributed by atoms with E-state index in [0.717, 1.165) is 24.9 Å². The van der Waals surface area contributed by atoms with Crippen molar-refractivity contribution >= 4 is 57.4 Å². The molecule has 370 valence electrons. The predicted octanol–water partition coefficient (Wildman–Crippen LogP) is 17.0. The Balaban J connectivity index is 1.28. The summed E-state index contributed by atoms with van der Waals surface area (Å²) in [6.45, 7) is 45.9. The summed E-state index contributed by atoms with van der Waals surface area (Å²) < 4.78 is 7.89. The smallest absolute Gasteiger partial charge is 0.297 e. The number of anilines is 6. The van der Waals surface area contributed by atoms with Crippen LogP contribution in [0.2, 0.25) is 0 Å². The fraction of sp³-hybridized carbons (Fsp3) is 0.493. The van der Waals surface area contributed by atoms with Gasteiger partial charge >= 0.3 is 0 Å². The third kappa shape index (κ3) is 7.31. The molecule has 3 heterocycles. The first-order valence-electron chi connectivity index (χ1n) is 27.3. The van der Waals surface area contributed by atoms with Gasteiger partial charge in [0, 0.05) is 39.3 Å². The third-order valence-electron chi connectivity index (χ3n) is 18.9. The van der Waals surface area contributed by atoms with Gasteiger partial charge < -0.3 is 14.2 Å². The molecule has 0 saturated heterocycles. The lowest BCUT2D eigenvalue weighted by atomic mass is 9.35. The fourth-order valence-corrected chi connectivity index (χ4v) is 13.8. The number of rotatable bonds is 3. The second-order valence-corrected chi connectivity index (χ2v) is 29.1. The number of hydrogen-bond donors (Lipinski definition) is 0. The Morgan fingerprint density at radius 1 is 0.465 bits per heavy atom.